The van der Waals surface area contributed by atoms with E-state index in [4.69, 9.17) is 5.73 Å². The minimum absolute atomic E-state index is 0.0216. The number of hydrogen-bond acceptors (Lipinski definition) is 8. The molecule has 4 heterocycles. The van der Waals surface area contributed by atoms with Crippen molar-refractivity contribution in [2.75, 3.05) is 0 Å². The molecule has 0 radical (unpaired) electrons. The summed E-state index contributed by atoms with van der Waals surface area (Å²) in [4.78, 5) is 86.5. The molecule has 4 aromatic rings. The van der Waals surface area contributed by atoms with Crippen LogP contribution in [-0.4, -0.2) is 40.6 Å². The predicted molar refractivity (Wildman–Crippen MR) is 161 cm³/mol. The molecule has 4 aliphatic rings. The molecular weight excluding hydrogens is 580 g/mol. The van der Waals surface area contributed by atoms with Crippen LogP contribution in [0.25, 0.3) is 22.5 Å². The summed E-state index contributed by atoms with van der Waals surface area (Å²) in [5.74, 6) is 0.710. The van der Waals surface area contributed by atoms with Gasteiger partial charge in [-0.3, -0.25) is 29.0 Å². The van der Waals surface area contributed by atoms with Crippen molar-refractivity contribution < 1.29 is 4.79 Å². The van der Waals surface area contributed by atoms with Gasteiger partial charge in [0.15, 0.2) is 5.69 Å². The molecule has 8 rings (SSSR count). The van der Waals surface area contributed by atoms with Gasteiger partial charge in [-0.15, -0.1) is 0 Å². The number of pyridine rings is 1. The fourth-order valence-electron chi connectivity index (χ4n) is 7.38. The van der Waals surface area contributed by atoms with Crippen molar-refractivity contribution >= 4 is 5.91 Å². The second-order valence-electron chi connectivity index (χ2n) is 12.9. The Morgan fingerprint density at radius 2 is 1.69 bits per heavy atom. The maximum absolute atomic E-state index is 13.9. The molecule has 4 saturated carbocycles. The predicted octanol–water partition coefficient (Wildman–Crippen LogP) is 0.778. The number of carbonyl (C=O) groups is 1. The summed E-state index contributed by atoms with van der Waals surface area (Å²) in [6.45, 7) is 0.355. The first-order chi connectivity index (χ1) is 21.7. The number of nitrogens with zero attached hydrogens (tertiary/aromatic N) is 3. The van der Waals surface area contributed by atoms with Gasteiger partial charge in [-0.2, -0.15) is 5.10 Å². The van der Waals surface area contributed by atoms with Crippen LogP contribution in [0.3, 0.4) is 0 Å². The fourth-order valence-corrected chi connectivity index (χ4v) is 7.38. The van der Waals surface area contributed by atoms with E-state index >= 15 is 0 Å². The lowest BCUT2D eigenvalue weighted by atomic mass is 10.0. The normalized spacial score (nSPS) is 25.2. The number of hydrogen-bond donors (Lipinski definition) is 5. The van der Waals surface area contributed by atoms with Gasteiger partial charge in [0.1, 0.15) is 11.4 Å². The second-order valence-corrected chi connectivity index (χ2v) is 12.9. The molecule has 0 spiro atoms. The van der Waals surface area contributed by atoms with Crippen LogP contribution in [0.15, 0.2) is 54.7 Å². The highest BCUT2D eigenvalue weighted by atomic mass is 16.2. The van der Waals surface area contributed by atoms with Crippen molar-refractivity contribution in [1.82, 2.24) is 34.7 Å². The van der Waals surface area contributed by atoms with Crippen molar-refractivity contribution in [2.24, 2.45) is 35.3 Å². The van der Waals surface area contributed by atoms with Crippen molar-refractivity contribution in [1.29, 1.82) is 0 Å². The molecule has 4 aliphatic carbocycles. The average Bonchev–Trinajstić information content (AvgIpc) is 3.83. The van der Waals surface area contributed by atoms with Gasteiger partial charge in [-0.25, -0.2) is 14.9 Å². The molecule has 1 amide bonds. The third kappa shape index (κ3) is 4.89. The highest BCUT2D eigenvalue weighted by Gasteiger charge is 2.58. The van der Waals surface area contributed by atoms with E-state index in [9.17, 15) is 28.8 Å². The summed E-state index contributed by atoms with van der Waals surface area (Å²) in [5, 5.41) is 6.63. The molecule has 0 saturated heterocycles. The molecule has 14 nitrogen and oxygen atoms in total. The number of nitrogens with one attached hydrogen (secondary N) is 4. The van der Waals surface area contributed by atoms with Crippen molar-refractivity contribution in [3.8, 4) is 22.5 Å². The molecule has 6 N–H and O–H groups in total. The van der Waals surface area contributed by atoms with Crippen LogP contribution in [0, 0.1) is 29.6 Å². The highest BCUT2D eigenvalue weighted by Crippen LogP contribution is 2.64. The van der Waals surface area contributed by atoms with Crippen LogP contribution in [0.5, 0.6) is 0 Å². The maximum atomic E-state index is 13.9. The molecule has 0 aliphatic heterocycles. The number of carbonyl (C=O) groups excluding carboxylic acids is 1. The van der Waals surface area contributed by atoms with E-state index in [-0.39, 0.29) is 51.7 Å². The zero-order chi connectivity index (χ0) is 31.1. The van der Waals surface area contributed by atoms with E-state index in [0.29, 0.717) is 41.0 Å². The lowest BCUT2D eigenvalue weighted by Crippen LogP contribution is -2.27. The standard InChI is InChI=1S/C31H30N8O6/c32-26(40)25-29(43)33-9-22(35-25)21-7-18(28(42)38-37-21)24-20(23(24)13-3-4-13)11-39-10-14(19-8-34-31(45)36-27(19)41)5-17(30(39)44)16-6-15(16)12-1-2-12/h5,7-10,12-13,15-16,20,23-24H,1-4,6,11H2,(H2,32,40)(H,33,43)(H,38,42)(H2,34,36,41,45)/t15-,16+,20?,23+,24+/m0/s1. The molecule has 0 bridgehead atoms. The minimum Gasteiger partial charge on any atom is -0.364 e. The molecule has 230 valence electrons. The van der Waals surface area contributed by atoms with Crippen molar-refractivity contribution in [2.45, 2.75) is 50.5 Å². The summed E-state index contributed by atoms with van der Waals surface area (Å²) in [5.41, 5.74) is 4.98. The number of nitrogens with two attached hydrogens (primary N) is 1. The van der Waals surface area contributed by atoms with Gasteiger partial charge in [0, 0.05) is 41.8 Å². The Morgan fingerprint density at radius 3 is 2.40 bits per heavy atom. The van der Waals surface area contributed by atoms with Crippen LogP contribution in [0.4, 0.5) is 0 Å². The van der Waals surface area contributed by atoms with Crippen LogP contribution in [0.2, 0.25) is 0 Å². The first kappa shape index (κ1) is 27.4. The third-order valence-electron chi connectivity index (χ3n) is 9.99. The number of rotatable bonds is 9. The largest absolute Gasteiger partial charge is 0.364 e. The summed E-state index contributed by atoms with van der Waals surface area (Å²) < 4.78 is 1.68. The number of H-pyrrole nitrogens is 4. The maximum Gasteiger partial charge on any atom is 0.325 e. The Hall–Kier alpha value is -5.14. The van der Waals surface area contributed by atoms with Gasteiger partial charge in [0.05, 0.1) is 5.56 Å². The average molecular weight is 611 g/mol. The second kappa shape index (κ2) is 9.94. The summed E-state index contributed by atoms with van der Waals surface area (Å²) in [6, 6.07) is 3.42. The number of amides is 1. The van der Waals surface area contributed by atoms with Crippen LogP contribution < -0.4 is 33.7 Å². The molecule has 4 aromatic heterocycles. The number of aromatic nitrogens is 7. The first-order valence-electron chi connectivity index (χ1n) is 15.2. The van der Waals surface area contributed by atoms with E-state index in [1.54, 1.807) is 22.9 Å². The van der Waals surface area contributed by atoms with Crippen molar-refractivity contribution in [3.05, 3.63) is 99.4 Å². The zero-order valence-electron chi connectivity index (χ0n) is 24.0. The Bertz CT molecular complexity index is 2190. The van der Waals surface area contributed by atoms with Gasteiger partial charge >= 0.3 is 5.69 Å². The Labute approximate surface area is 253 Å². The SMILES string of the molecule is NC(=O)c1nc(-c2cc([C@@H]3C(Cn4cc(-c5c[nH]c(=O)[nH]c5=O)cc([C@@H]5C[C@H]5C5CC5)c4=O)[C@H]3C3CC3)c(=O)[nH]n2)c[nH]c1=O. The minimum atomic E-state index is -0.982. The van der Waals surface area contributed by atoms with Gasteiger partial charge in [0.2, 0.25) is 0 Å². The molecular formula is C31H30N8O6. The van der Waals surface area contributed by atoms with Gasteiger partial charge in [-0.1, -0.05) is 0 Å². The van der Waals surface area contributed by atoms with E-state index < -0.39 is 28.4 Å². The zero-order valence-corrected chi connectivity index (χ0v) is 24.0. The molecule has 14 heteroatoms. The van der Waals surface area contributed by atoms with E-state index in [2.05, 4.69) is 30.1 Å². The van der Waals surface area contributed by atoms with E-state index in [0.717, 1.165) is 19.3 Å². The topological polar surface area (TPSA) is 222 Å². The van der Waals surface area contributed by atoms with Crippen LogP contribution in [0.1, 0.15) is 65.6 Å². The van der Waals surface area contributed by atoms with E-state index in [1.165, 1.54) is 25.2 Å². The molecule has 4 fully saturated rings. The number of primary amides is 1. The molecule has 1 unspecified atom stereocenters. The lowest BCUT2D eigenvalue weighted by molar-refractivity contribution is 0.0994. The monoisotopic (exact) mass is 610 g/mol. The molecule has 45 heavy (non-hydrogen) atoms. The van der Waals surface area contributed by atoms with Gasteiger partial charge in [0.25, 0.3) is 28.1 Å². The summed E-state index contributed by atoms with van der Waals surface area (Å²) >= 11 is 0. The summed E-state index contributed by atoms with van der Waals surface area (Å²) in [6.07, 6.45) is 9.75. The smallest absolute Gasteiger partial charge is 0.325 e. The number of aromatic amines is 4. The fraction of sp³-hybridized carbons (Fsp3) is 0.419. The lowest BCUT2D eigenvalue weighted by Gasteiger charge is -2.12. The van der Waals surface area contributed by atoms with Crippen LogP contribution >= 0.6 is 0 Å². The molecule has 5 atom stereocenters. The van der Waals surface area contributed by atoms with Crippen molar-refractivity contribution in [3.63, 3.8) is 0 Å². The van der Waals surface area contributed by atoms with Gasteiger partial charge < -0.3 is 20.3 Å². The first-order valence-corrected chi connectivity index (χ1v) is 15.2. The quantitative estimate of drug-likeness (QED) is 0.182. The summed E-state index contributed by atoms with van der Waals surface area (Å²) in [7, 11) is 0. The highest BCUT2D eigenvalue weighted by molar-refractivity contribution is 5.90. The Balaban J connectivity index is 1.16. The van der Waals surface area contributed by atoms with Gasteiger partial charge in [-0.05, 0) is 85.7 Å². The van der Waals surface area contributed by atoms with Crippen LogP contribution in [-0.2, 0) is 6.54 Å². The molecule has 0 aromatic carbocycles. The van der Waals surface area contributed by atoms with E-state index in [1.807, 2.05) is 0 Å². The Kier molecular flexibility index (Phi) is 6.05. The third-order valence-corrected chi connectivity index (χ3v) is 9.99. The Morgan fingerprint density at radius 1 is 0.911 bits per heavy atom.